The summed E-state index contributed by atoms with van der Waals surface area (Å²) in [5.41, 5.74) is 1.99. The van der Waals surface area contributed by atoms with E-state index in [1.807, 2.05) is 24.3 Å². The fourth-order valence-corrected chi connectivity index (χ4v) is 3.93. The third-order valence-corrected chi connectivity index (χ3v) is 5.89. The van der Waals surface area contributed by atoms with E-state index >= 15 is 0 Å². The van der Waals surface area contributed by atoms with Gasteiger partial charge in [-0.3, -0.25) is 0 Å². The molecule has 0 aromatic heterocycles. The number of rotatable bonds is 4. The molecular weight excluding hydrogens is 358 g/mol. The topological polar surface area (TPSA) is 0 Å². The first-order valence-electron chi connectivity index (χ1n) is 7.11. The van der Waals surface area contributed by atoms with E-state index < -0.39 is 0 Å². The Kier molecular flexibility index (Phi) is 5.04. The summed E-state index contributed by atoms with van der Waals surface area (Å²) in [5.74, 6) is 0.637. The monoisotopic (exact) mass is 370 g/mol. The average molecular weight is 372 g/mol. The Morgan fingerprint density at radius 1 is 0.545 bits per heavy atom. The van der Waals surface area contributed by atoms with Crippen molar-refractivity contribution in [2.75, 3.05) is 0 Å². The Hall–Kier alpha value is -0.660. The van der Waals surface area contributed by atoms with Crippen molar-refractivity contribution < 1.29 is 0 Å². The Bertz CT molecular complexity index is 626. The SMILES string of the molecule is Clc1c(Cl)c(Cl)c(CC2C=CC=C2)c(CC2C=CC=C2)c1Cl. The third-order valence-electron chi connectivity index (χ3n) is 4.01. The minimum atomic E-state index is 0.319. The van der Waals surface area contributed by atoms with Crippen molar-refractivity contribution >= 4 is 46.4 Å². The first-order valence-corrected chi connectivity index (χ1v) is 8.62. The summed E-state index contributed by atoms with van der Waals surface area (Å²) in [6, 6.07) is 0. The molecule has 0 fully saturated rings. The van der Waals surface area contributed by atoms with Crippen molar-refractivity contribution in [1.29, 1.82) is 0 Å². The second-order valence-corrected chi connectivity index (χ2v) is 7.00. The lowest BCUT2D eigenvalue weighted by atomic mass is 9.91. The molecular formula is C18H14Cl4. The van der Waals surface area contributed by atoms with Gasteiger partial charge in [-0.2, -0.15) is 0 Å². The fraction of sp³-hybridized carbons (Fsp3) is 0.222. The van der Waals surface area contributed by atoms with E-state index in [0.717, 1.165) is 24.0 Å². The van der Waals surface area contributed by atoms with Gasteiger partial charge in [0, 0.05) is 0 Å². The van der Waals surface area contributed by atoms with E-state index in [1.165, 1.54) is 0 Å². The maximum atomic E-state index is 6.48. The predicted octanol–water partition coefficient (Wildman–Crippen LogP) is 6.87. The second-order valence-electron chi connectivity index (χ2n) is 5.49. The molecule has 0 N–H and O–H groups in total. The minimum Gasteiger partial charge on any atom is -0.0823 e. The van der Waals surface area contributed by atoms with E-state index in [4.69, 9.17) is 46.4 Å². The van der Waals surface area contributed by atoms with Crippen molar-refractivity contribution in [1.82, 2.24) is 0 Å². The first kappa shape index (κ1) is 16.2. The van der Waals surface area contributed by atoms with E-state index in [0.29, 0.717) is 31.9 Å². The Balaban J connectivity index is 2.03. The number of hydrogen-bond acceptors (Lipinski definition) is 0. The second kappa shape index (κ2) is 6.84. The third kappa shape index (κ3) is 3.16. The van der Waals surface area contributed by atoms with Crippen LogP contribution in [-0.4, -0.2) is 0 Å². The lowest BCUT2D eigenvalue weighted by molar-refractivity contribution is 0.767. The molecule has 1 aromatic carbocycles. The first-order chi connectivity index (χ1) is 10.6. The molecule has 0 saturated carbocycles. The molecule has 0 heterocycles. The van der Waals surface area contributed by atoms with Gasteiger partial charge in [-0.15, -0.1) is 0 Å². The van der Waals surface area contributed by atoms with Gasteiger partial charge in [-0.1, -0.05) is 95.0 Å². The van der Waals surface area contributed by atoms with Gasteiger partial charge in [0.25, 0.3) is 0 Å². The van der Waals surface area contributed by atoms with Crippen LogP contribution < -0.4 is 0 Å². The van der Waals surface area contributed by atoms with Gasteiger partial charge in [0.1, 0.15) is 0 Å². The molecule has 22 heavy (non-hydrogen) atoms. The highest BCUT2D eigenvalue weighted by molar-refractivity contribution is 6.52. The van der Waals surface area contributed by atoms with Gasteiger partial charge < -0.3 is 0 Å². The van der Waals surface area contributed by atoms with Crippen LogP contribution in [0.2, 0.25) is 20.1 Å². The summed E-state index contributed by atoms with van der Waals surface area (Å²) in [4.78, 5) is 0. The van der Waals surface area contributed by atoms with Crippen molar-refractivity contribution in [3.8, 4) is 0 Å². The van der Waals surface area contributed by atoms with Crippen molar-refractivity contribution in [2.24, 2.45) is 11.8 Å². The summed E-state index contributed by atoms with van der Waals surface area (Å²) >= 11 is 25.5. The minimum absolute atomic E-state index is 0.319. The lowest BCUT2D eigenvalue weighted by Crippen LogP contribution is -2.07. The maximum absolute atomic E-state index is 6.48. The van der Waals surface area contributed by atoms with E-state index in [-0.39, 0.29) is 0 Å². The smallest absolute Gasteiger partial charge is 0.0796 e. The molecule has 4 heteroatoms. The van der Waals surface area contributed by atoms with Gasteiger partial charge in [0.2, 0.25) is 0 Å². The summed E-state index contributed by atoms with van der Waals surface area (Å²) in [7, 11) is 0. The van der Waals surface area contributed by atoms with Gasteiger partial charge in [0.15, 0.2) is 0 Å². The molecule has 0 bridgehead atoms. The zero-order valence-corrected chi connectivity index (χ0v) is 14.7. The number of allylic oxidation sites excluding steroid dienone is 8. The van der Waals surface area contributed by atoms with Crippen molar-refractivity contribution in [2.45, 2.75) is 12.8 Å². The maximum Gasteiger partial charge on any atom is 0.0796 e. The molecule has 0 nitrogen and oxygen atoms in total. The molecule has 114 valence electrons. The van der Waals surface area contributed by atoms with Crippen molar-refractivity contribution in [3.63, 3.8) is 0 Å². The van der Waals surface area contributed by atoms with Crippen LogP contribution in [0, 0.1) is 11.8 Å². The highest BCUT2D eigenvalue weighted by Gasteiger charge is 2.23. The van der Waals surface area contributed by atoms with Gasteiger partial charge >= 0.3 is 0 Å². The number of benzene rings is 1. The molecule has 0 amide bonds. The lowest BCUT2D eigenvalue weighted by Gasteiger charge is -2.19. The summed E-state index contributed by atoms with van der Waals surface area (Å²) < 4.78 is 0. The molecule has 2 aliphatic rings. The zero-order valence-electron chi connectivity index (χ0n) is 11.7. The van der Waals surface area contributed by atoms with Gasteiger partial charge in [-0.05, 0) is 35.8 Å². The van der Waals surface area contributed by atoms with Crippen LogP contribution >= 0.6 is 46.4 Å². The highest BCUT2D eigenvalue weighted by atomic mass is 35.5. The summed E-state index contributed by atoms with van der Waals surface area (Å²) in [5, 5.41) is 1.72. The summed E-state index contributed by atoms with van der Waals surface area (Å²) in [6.45, 7) is 0. The molecule has 0 saturated heterocycles. The standard InChI is InChI=1S/C18H14Cl4/c19-15-13(9-11-5-1-2-6-11)14(10-12-7-3-4-8-12)16(20)18(22)17(15)21/h1-8,11-12H,9-10H2. The van der Waals surface area contributed by atoms with E-state index in [2.05, 4.69) is 24.3 Å². The van der Waals surface area contributed by atoms with Crippen molar-refractivity contribution in [3.05, 3.63) is 79.8 Å². The van der Waals surface area contributed by atoms with Gasteiger partial charge in [0.05, 0.1) is 20.1 Å². The van der Waals surface area contributed by atoms with Crippen LogP contribution in [-0.2, 0) is 12.8 Å². The molecule has 1 aromatic rings. The molecule has 0 spiro atoms. The van der Waals surface area contributed by atoms with E-state index in [9.17, 15) is 0 Å². The molecule has 0 atom stereocenters. The molecule has 0 radical (unpaired) electrons. The quantitative estimate of drug-likeness (QED) is 0.400. The molecule has 2 aliphatic carbocycles. The Morgan fingerprint density at radius 2 is 0.864 bits per heavy atom. The largest absolute Gasteiger partial charge is 0.0823 e. The van der Waals surface area contributed by atoms with Crippen LogP contribution in [0.15, 0.2) is 48.6 Å². The molecule has 0 aliphatic heterocycles. The van der Waals surface area contributed by atoms with E-state index in [1.54, 1.807) is 0 Å². The average Bonchev–Trinajstić information content (AvgIpc) is 3.19. The highest BCUT2D eigenvalue weighted by Crippen LogP contribution is 2.43. The van der Waals surface area contributed by atoms with Gasteiger partial charge in [-0.25, -0.2) is 0 Å². The Labute approximate surface area is 150 Å². The predicted molar refractivity (Wildman–Crippen MR) is 97.4 cm³/mol. The molecule has 3 rings (SSSR count). The van der Waals surface area contributed by atoms with Crippen LogP contribution in [0.4, 0.5) is 0 Å². The fourth-order valence-electron chi connectivity index (χ4n) is 2.85. The summed E-state index contributed by atoms with van der Waals surface area (Å²) in [6.07, 6.45) is 18.3. The zero-order chi connectivity index (χ0) is 15.7. The van der Waals surface area contributed by atoms with Crippen LogP contribution in [0.5, 0.6) is 0 Å². The normalized spacial score (nSPS) is 17.3. The van der Waals surface area contributed by atoms with Crippen LogP contribution in [0.25, 0.3) is 0 Å². The van der Waals surface area contributed by atoms with Crippen LogP contribution in [0.1, 0.15) is 11.1 Å². The Morgan fingerprint density at radius 3 is 1.18 bits per heavy atom. The number of halogens is 4. The van der Waals surface area contributed by atoms with Crippen LogP contribution in [0.3, 0.4) is 0 Å². The number of hydrogen-bond donors (Lipinski definition) is 0. The molecule has 0 unspecified atom stereocenters.